The van der Waals surface area contributed by atoms with Crippen molar-refractivity contribution >= 4 is 0 Å². The summed E-state index contributed by atoms with van der Waals surface area (Å²) in [5.41, 5.74) is 1.44. The van der Waals surface area contributed by atoms with Gasteiger partial charge in [-0.3, -0.25) is 0 Å². The highest BCUT2D eigenvalue weighted by Crippen LogP contribution is 2.38. The van der Waals surface area contributed by atoms with Crippen LogP contribution in [-0.2, 0) is 6.18 Å². The third-order valence-electron chi connectivity index (χ3n) is 5.53. The number of likely N-dealkylation sites (tertiary alicyclic amines) is 1. The first kappa shape index (κ1) is 20.5. The largest absolute Gasteiger partial charge is 0.507 e. The quantitative estimate of drug-likeness (QED) is 0.826. The van der Waals surface area contributed by atoms with E-state index in [2.05, 4.69) is 15.1 Å². The molecule has 0 aliphatic carbocycles. The van der Waals surface area contributed by atoms with Crippen LogP contribution < -0.4 is 0 Å². The number of hydrogen-bond acceptors (Lipinski definition) is 5. The smallest absolute Gasteiger partial charge is 0.416 e. The van der Waals surface area contributed by atoms with Crippen LogP contribution in [-0.4, -0.2) is 45.4 Å². The van der Waals surface area contributed by atoms with Crippen molar-refractivity contribution in [2.75, 3.05) is 20.1 Å². The average Bonchev–Trinajstić information content (AvgIpc) is 2.63. The number of benzene rings is 1. The summed E-state index contributed by atoms with van der Waals surface area (Å²) in [6.07, 6.45) is -3.40. The summed E-state index contributed by atoms with van der Waals surface area (Å²) in [5, 5.41) is 29.2. The molecule has 2 heterocycles. The number of phenols is 1. The summed E-state index contributed by atoms with van der Waals surface area (Å²) in [4.78, 5) is 2.17. The molecule has 1 aliphatic heterocycles. The number of aliphatic hydroxyl groups is 1. The number of rotatable bonds is 3. The van der Waals surface area contributed by atoms with Crippen molar-refractivity contribution in [3.8, 4) is 17.0 Å². The normalized spacial score (nSPS) is 19.6. The Morgan fingerprint density at radius 2 is 1.89 bits per heavy atom. The molecule has 28 heavy (non-hydrogen) atoms. The van der Waals surface area contributed by atoms with Crippen molar-refractivity contribution in [2.24, 2.45) is 5.92 Å². The second-order valence-corrected chi connectivity index (χ2v) is 7.52. The van der Waals surface area contributed by atoms with Gasteiger partial charge in [-0.15, -0.1) is 5.10 Å². The fourth-order valence-corrected chi connectivity index (χ4v) is 3.76. The first-order chi connectivity index (χ1) is 13.1. The zero-order valence-electron chi connectivity index (χ0n) is 16.1. The third kappa shape index (κ3) is 3.98. The molecule has 1 aromatic carbocycles. The summed E-state index contributed by atoms with van der Waals surface area (Å²) in [7, 11) is 2.01. The molecule has 152 valence electrons. The van der Waals surface area contributed by atoms with Crippen molar-refractivity contribution in [3.63, 3.8) is 0 Å². The van der Waals surface area contributed by atoms with Crippen molar-refractivity contribution in [1.29, 1.82) is 0 Å². The topological polar surface area (TPSA) is 69.5 Å². The van der Waals surface area contributed by atoms with E-state index >= 15 is 0 Å². The summed E-state index contributed by atoms with van der Waals surface area (Å²) in [5.74, 6) is -0.453. The number of nitrogens with zero attached hydrogens (tertiary/aromatic N) is 3. The molecule has 1 aromatic heterocycles. The molecular formula is C20H24F3N3O2. The van der Waals surface area contributed by atoms with Gasteiger partial charge in [0.15, 0.2) is 0 Å². The Labute approximate surface area is 161 Å². The Morgan fingerprint density at radius 3 is 2.50 bits per heavy atom. The summed E-state index contributed by atoms with van der Waals surface area (Å²) < 4.78 is 38.5. The number of piperidine rings is 1. The number of alkyl halides is 3. The minimum atomic E-state index is -4.53. The lowest BCUT2D eigenvalue weighted by Gasteiger charge is -2.33. The Hall–Kier alpha value is -2.19. The van der Waals surface area contributed by atoms with E-state index < -0.39 is 23.6 Å². The molecule has 1 saturated heterocycles. The SMILES string of the molecule is Cc1c(-c2ccc(C(F)(F)F)cc2O)nnc(C(O)C2CCCN(C)C2)c1C. The minimum Gasteiger partial charge on any atom is -0.507 e. The Morgan fingerprint density at radius 1 is 1.18 bits per heavy atom. The van der Waals surface area contributed by atoms with Gasteiger partial charge in [0.25, 0.3) is 0 Å². The van der Waals surface area contributed by atoms with Crippen LogP contribution in [0.4, 0.5) is 13.2 Å². The highest BCUT2D eigenvalue weighted by molar-refractivity contribution is 5.70. The van der Waals surface area contributed by atoms with Gasteiger partial charge in [-0.05, 0) is 69.6 Å². The van der Waals surface area contributed by atoms with E-state index in [-0.39, 0.29) is 11.5 Å². The van der Waals surface area contributed by atoms with Gasteiger partial charge in [-0.1, -0.05) is 0 Å². The second kappa shape index (κ2) is 7.67. The number of aromatic hydroxyl groups is 1. The molecule has 2 aromatic rings. The van der Waals surface area contributed by atoms with E-state index in [0.29, 0.717) is 23.0 Å². The molecule has 2 atom stereocenters. The first-order valence-electron chi connectivity index (χ1n) is 9.20. The summed E-state index contributed by atoms with van der Waals surface area (Å²) >= 11 is 0. The highest BCUT2D eigenvalue weighted by atomic mass is 19.4. The van der Waals surface area contributed by atoms with Gasteiger partial charge in [0.2, 0.25) is 0 Å². The summed E-state index contributed by atoms with van der Waals surface area (Å²) in [6, 6.07) is 2.79. The zero-order valence-corrected chi connectivity index (χ0v) is 16.1. The maximum atomic E-state index is 12.8. The first-order valence-corrected chi connectivity index (χ1v) is 9.20. The predicted octanol–water partition coefficient (Wildman–Crippen LogP) is 3.86. The van der Waals surface area contributed by atoms with Crippen LogP contribution in [0.5, 0.6) is 5.75 Å². The molecule has 0 amide bonds. The van der Waals surface area contributed by atoms with Crippen molar-refractivity contribution < 1.29 is 23.4 Å². The molecule has 2 N–H and O–H groups in total. The maximum absolute atomic E-state index is 12.8. The van der Waals surface area contributed by atoms with Crippen LogP contribution in [0.2, 0.25) is 0 Å². The standard InChI is InChI=1S/C20H24F3N3O2/c1-11-12(2)18(19(28)13-5-4-8-26(3)10-13)25-24-17(11)15-7-6-14(9-16(15)27)20(21,22)23/h6-7,9,13,19,27-28H,4-5,8,10H2,1-3H3. The van der Waals surface area contributed by atoms with Crippen LogP contribution >= 0.6 is 0 Å². The lowest BCUT2D eigenvalue weighted by Crippen LogP contribution is -2.35. The molecule has 0 saturated carbocycles. The fourth-order valence-electron chi connectivity index (χ4n) is 3.76. The molecule has 3 rings (SSSR count). The van der Waals surface area contributed by atoms with Gasteiger partial charge in [-0.25, -0.2) is 0 Å². The molecule has 5 nitrogen and oxygen atoms in total. The van der Waals surface area contributed by atoms with Gasteiger partial charge in [0, 0.05) is 18.0 Å². The van der Waals surface area contributed by atoms with Gasteiger partial charge in [-0.2, -0.15) is 18.3 Å². The maximum Gasteiger partial charge on any atom is 0.416 e. The van der Waals surface area contributed by atoms with Crippen LogP contribution in [0.25, 0.3) is 11.3 Å². The molecule has 8 heteroatoms. The van der Waals surface area contributed by atoms with Gasteiger partial charge in [0.05, 0.1) is 17.0 Å². The number of aromatic nitrogens is 2. The molecule has 0 radical (unpaired) electrons. The van der Waals surface area contributed by atoms with E-state index in [1.165, 1.54) is 6.07 Å². The molecule has 0 bridgehead atoms. The molecule has 0 spiro atoms. The predicted molar refractivity (Wildman–Crippen MR) is 98.8 cm³/mol. The molecule has 1 fully saturated rings. The van der Waals surface area contributed by atoms with Gasteiger partial charge < -0.3 is 15.1 Å². The Kier molecular flexibility index (Phi) is 5.63. The van der Waals surface area contributed by atoms with Crippen LogP contribution in [0.1, 0.15) is 41.3 Å². The second-order valence-electron chi connectivity index (χ2n) is 7.52. The van der Waals surface area contributed by atoms with Crippen molar-refractivity contribution in [2.45, 2.75) is 39.0 Å². The van der Waals surface area contributed by atoms with Gasteiger partial charge >= 0.3 is 6.18 Å². The van der Waals surface area contributed by atoms with E-state index in [9.17, 15) is 23.4 Å². The third-order valence-corrected chi connectivity index (χ3v) is 5.53. The molecule has 2 unspecified atom stereocenters. The van der Waals surface area contributed by atoms with Crippen LogP contribution in [0.15, 0.2) is 18.2 Å². The number of hydrogen-bond donors (Lipinski definition) is 2. The van der Waals surface area contributed by atoms with E-state index in [1.54, 1.807) is 13.8 Å². The lowest BCUT2D eigenvalue weighted by atomic mass is 9.88. The van der Waals surface area contributed by atoms with Crippen LogP contribution in [0.3, 0.4) is 0 Å². The minimum absolute atomic E-state index is 0.0523. The monoisotopic (exact) mass is 395 g/mol. The highest BCUT2D eigenvalue weighted by Gasteiger charge is 2.32. The van der Waals surface area contributed by atoms with Crippen molar-refractivity contribution in [1.82, 2.24) is 15.1 Å². The van der Waals surface area contributed by atoms with Gasteiger partial charge in [0.1, 0.15) is 11.9 Å². The van der Waals surface area contributed by atoms with E-state index in [4.69, 9.17) is 0 Å². The molecule has 1 aliphatic rings. The Balaban J connectivity index is 1.94. The van der Waals surface area contributed by atoms with Crippen molar-refractivity contribution in [3.05, 3.63) is 40.6 Å². The van der Waals surface area contributed by atoms with Crippen LogP contribution in [0, 0.1) is 19.8 Å². The number of phenolic OH excluding ortho intramolecular Hbond substituents is 1. The van der Waals surface area contributed by atoms with E-state index in [1.807, 2.05) is 7.05 Å². The molecular weight excluding hydrogens is 371 g/mol. The summed E-state index contributed by atoms with van der Waals surface area (Å²) in [6.45, 7) is 5.33. The number of halogens is 3. The lowest BCUT2D eigenvalue weighted by molar-refractivity contribution is -0.137. The Bertz CT molecular complexity index is 871. The number of aliphatic hydroxyl groups excluding tert-OH is 1. The fraction of sp³-hybridized carbons (Fsp3) is 0.500. The van der Waals surface area contributed by atoms with E-state index in [0.717, 1.165) is 37.6 Å². The average molecular weight is 395 g/mol. The zero-order chi connectivity index (χ0) is 20.6.